The number of ether oxygens (including phenoxy) is 1. The maximum Gasteiger partial charge on any atom is 0.408 e. The zero-order chi connectivity index (χ0) is 24.0. The lowest BCUT2D eigenvalue weighted by Gasteiger charge is -2.34. The van der Waals surface area contributed by atoms with Gasteiger partial charge in [0.15, 0.2) is 0 Å². The molecular formula is C23H35N3O5. The first-order valence-corrected chi connectivity index (χ1v) is 10.2. The summed E-state index contributed by atoms with van der Waals surface area (Å²) >= 11 is 0. The normalized spacial score (nSPS) is 13.5. The van der Waals surface area contributed by atoms with Crippen LogP contribution in [0.5, 0.6) is 5.75 Å². The van der Waals surface area contributed by atoms with Gasteiger partial charge in [-0.15, -0.1) is 6.58 Å². The molecule has 0 heterocycles. The average molecular weight is 434 g/mol. The number of carbonyl (C=O) groups is 3. The highest BCUT2D eigenvalue weighted by atomic mass is 16.6. The lowest BCUT2D eigenvalue weighted by molar-refractivity contribution is -0.142. The van der Waals surface area contributed by atoms with Crippen molar-refractivity contribution in [1.29, 1.82) is 0 Å². The molecular weight excluding hydrogens is 398 g/mol. The van der Waals surface area contributed by atoms with Gasteiger partial charge in [-0.05, 0) is 66.2 Å². The van der Waals surface area contributed by atoms with E-state index < -0.39 is 41.1 Å². The Kier molecular flexibility index (Phi) is 8.66. The number of phenolic OH excluding ortho intramolecular Hbond substituents is 1. The molecule has 172 valence electrons. The number of nitrogens with one attached hydrogen (secondary N) is 2. The smallest absolute Gasteiger partial charge is 0.408 e. The van der Waals surface area contributed by atoms with Gasteiger partial charge in [-0.1, -0.05) is 18.2 Å². The van der Waals surface area contributed by atoms with Crippen LogP contribution in [0.15, 0.2) is 36.9 Å². The molecule has 3 N–H and O–H groups in total. The predicted octanol–water partition coefficient (Wildman–Crippen LogP) is 3.28. The van der Waals surface area contributed by atoms with Crippen LogP contribution in [-0.2, 0) is 14.3 Å². The number of carbonyl (C=O) groups excluding carboxylic acids is 3. The Balaban J connectivity index is 3.26. The minimum atomic E-state index is -0.992. The highest BCUT2D eigenvalue weighted by Crippen LogP contribution is 2.25. The summed E-state index contributed by atoms with van der Waals surface area (Å²) in [7, 11) is 0. The molecule has 0 saturated carbocycles. The molecule has 0 aromatic heterocycles. The van der Waals surface area contributed by atoms with Gasteiger partial charge in [0.05, 0.1) is 0 Å². The van der Waals surface area contributed by atoms with Gasteiger partial charge in [-0.25, -0.2) is 4.79 Å². The molecule has 0 aliphatic heterocycles. The minimum absolute atomic E-state index is 0.0419. The molecule has 8 nitrogen and oxygen atoms in total. The van der Waals surface area contributed by atoms with Crippen molar-refractivity contribution in [3.05, 3.63) is 42.5 Å². The molecule has 0 aliphatic rings. The topological polar surface area (TPSA) is 108 Å². The Labute approximate surface area is 184 Å². The number of amides is 3. The van der Waals surface area contributed by atoms with E-state index in [1.807, 2.05) is 20.8 Å². The van der Waals surface area contributed by atoms with Gasteiger partial charge in [0.25, 0.3) is 0 Å². The van der Waals surface area contributed by atoms with Crippen molar-refractivity contribution in [2.24, 2.45) is 0 Å². The van der Waals surface area contributed by atoms with Crippen molar-refractivity contribution in [2.45, 2.75) is 71.7 Å². The highest BCUT2D eigenvalue weighted by Gasteiger charge is 2.35. The van der Waals surface area contributed by atoms with Crippen molar-refractivity contribution in [1.82, 2.24) is 15.5 Å². The van der Waals surface area contributed by atoms with Crippen LogP contribution < -0.4 is 10.6 Å². The maximum atomic E-state index is 13.3. The lowest BCUT2D eigenvalue weighted by atomic mass is 10.0. The minimum Gasteiger partial charge on any atom is -0.508 e. The van der Waals surface area contributed by atoms with Crippen LogP contribution in [0, 0.1) is 0 Å². The van der Waals surface area contributed by atoms with E-state index in [2.05, 4.69) is 17.2 Å². The van der Waals surface area contributed by atoms with E-state index in [1.165, 1.54) is 30.0 Å². The second-order valence-corrected chi connectivity index (χ2v) is 9.38. The fourth-order valence-electron chi connectivity index (χ4n) is 2.82. The zero-order valence-electron chi connectivity index (χ0n) is 19.5. The number of nitrogens with zero attached hydrogens (tertiary/aromatic N) is 1. The van der Waals surface area contributed by atoms with Crippen molar-refractivity contribution in [3.63, 3.8) is 0 Å². The van der Waals surface area contributed by atoms with Gasteiger partial charge in [-0.2, -0.15) is 0 Å². The van der Waals surface area contributed by atoms with E-state index in [0.717, 1.165) is 0 Å². The second-order valence-electron chi connectivity index (χ2n) is 9.38. The van der Waals surface area contributed by atoms with E-state index in [0.29, 0.717) is 5.56 Å². The second kappa shape index (κ2) is 10.3. The third-order valence-corrected chi connectivity index (χ3v) is 3.98. The van der Waals surface area contributed by atoms with Gasteiger partial charge in [0.2, 0.25) is 11.8 Å². The standard InChI is InChI=1S/C23H35N3O5/c1-9-14-26(20(29)15(2)24-21(30)31-23(6,7)8)18(19(28)25-22(3,4)5)16-10-12-17(27)13-11-16/h9-13,15,18,27H,1,14H2,2-8H3,(H,24,30)(H,25,28). The van der Waals surface area contributed by atoms with Crippen LogP contribution in [0.1, 0.15) is 60.1 Å². The summed E-state index contributed by atoms with van der Waals surface area (Å²) in [6, 6.07) is 4.12. The van der Waals surface area contributed by atoms with Crippen LogP contribution in [0.4, 0.5) is 4.79 Å². The maximum absolute atomic E-state index is 13.3. The van der Waals surface area contributed by atoms with Gasteiger partial charge in [0.1, 0.15) is 23.4 Å². The van der Waals surface area contributed by atoms with Crippen molar-refractivity contribution < 1.29 is 24.2 Å². The summed E-state index contributed by atoms with van der Waals surface area (Å²) in [5, 5.41) is 15.1. The molecule has 1 aromatic carbocycles. The average Bonchev–Trinajstić information content (AvgIpc) is 2.59. The summed E-state index contributed by atoms with van der Waals surface area (Å²) in [4.78, 5) is 39.9. The van der Waals surface area contributed by atoms with Crippen LogP contribution >= 0.6 is 0 Å². The molecule has 0 aliphatic carbocycles. The summed E-state index contributed by atoms with van der Waals surface area (Å²) in [5.41, 5.74) is -0.733. The number of rotatable bonds is 7. The highest BCUT2D eigenvalue weighted by molar-refractivity contribution is 5.92. The monoisotopic (exact) mass is 433 g/mol. The third-order valence-electron chi connectivity index (χ3n) is 3.98. The number of hydrogen-bond donors (Lipinski definition) is 3. The fraction of sp³-hybridized carbons (Fsp3) is 0.522. The van der Waals surface area contributed by atoms with Gasteiger partial charge < -0.3 is 25.4 Å². The Hall–Kier alpha value is -3.03. The van der Waals surface area contributed by atoms with Crippen LogP contribution in [-0.4, -0.2) is 51.6 Å². The van der Waals surface area contributed by atoms with E-state index in [4.69, 9.17) is 4.74 Å². The number of alkyl carbamates (subject to hydrolysis) is 1. The van der Waals surface area contributed by atoms with Gasteiger partial charge >= 0.3 is 6.09 Å². The molecule has 31 heavy (non-hydrogen) atoms. The third kappa shape index (κ3) is 8.70. The Morgan fingerprint density at radius 2 is 1.68 bits per heavy atom. The summed E-state index contributed by atoms with van der Waals surface area (Å²) in [5.74, 6) is -0.828. The van der Waals surface area contributed by atoms with Crippen molar-refractivity contribution >= 4 is 17.9 Å². The first kappa shape index (κ1) is 26.0. The number of aromatic hydroxyl groups is 1. The molecule has 2 unspecified atom stereocenters. The molecule has 0 radical (unpaired) electrons. The summed E-state index contributed by atoms with van der Waals surface area (Å²) in [6.07, 6.45) is 0.780. The molecule has 1 aromatic rings. The predicted molar refractivity (Wildman–Crippen MR) is 119 cm³/mol. The quantitative estimate of drug-likeness (QED) is 0.572. The van der Waals surface area contributed by atoms with Gasteiger partial charge in [0, 0.05) is 12.1 Å². The zero-order valence-corrected chi connectivity index (χ0v) is 19.5. The van der Waals surface area contributed by atoms with E-state index >= 15 is 0 Å². The number of hydrogen-bond acceptors (Lipinski definition) is 5. The Morgan fingerprint density at radius 3 is 2.13 bits per heavy atom. The molecule has 3 amide bonds. The number of phenols is 1. The Morgan fingerprint density at radius 1 is 1.13 bits per heavy atom. The molecule has 0 fully saturated rings. The number of benzene rings is 1. The summed E-state index contributed by atoms with van der Waals surface area (Å²) in [6.45, 7) is 16.0. The van der Waals surface area contributed by atoms with E-state index in [-0.39, 0.29) is 12.3 Å². The first-order chi connectivity index (χ1) is 14.1. The van der Waals surface area contributed by atoms with Crippen LogP contribution in [0.25, 0.3) is 0 Å². The summed E-state index contributed by atoms with van der Waals surface area (Å²) < 4.78 is 5.22. The van der Waals surface area contributed by atoms with E-state index in [1.54, 1.807) is 32.9 Å². The Bertz CT molecular complexity index is 791. The van der Waals surface area contributed by atoms with E-state index in [9.17, 15) is 19.5 Å². The molecule has 0 spiro atoms. The largest absolute Gasteiger partial charge is 0.508 e. The SMILES string of the molecule is C=CCN(C(=O)C(C)NC(=O)OC(C)(C)C)C(C(=O)NC(C)(C)C)c1ccc(O)cc1. The van der Waals surface area contributed by atoms with Crippen molar-refractivity contribution in [3.8, 4) is 5.75 Å². The van der Waals surface area contributed by atoms with Gasteiger partial charge in [-0.3, -0.25) is 9.59 Å². The molecule has 0 saturated heterocycles. The van der Waals surface area contributed by atoms with Crippen LogP contribution in [0.3, 0.4) is 0 Å². The molecule has 2 atom stereocenters. The van der Waals surface area contributed by atoms with Crippen molar-refractivity contribution in [2.75, 3.05) is 6.54 Å². The first-order valence-electron chi connectivity index (χ1n) is 10.2. The fourth-order valence-corrected chi connectivity index (χ4v) is 2.82. The molecule has 1 rings (SSSR count). The van der Waals surface area contributed by atoms with Crippen LogP contribution in [0.2, 0.25) is 0 Å². The molecule has 8 heteroatoms. The molecule has 0 bridgehead atoms. The lowest BCUT2D eigenvalue weighted by Crippen LogP contribution is -2.53.